The molecule has 2 amide bonds. The van der Waals surface area contributed by atoms with Crippen molar-refractivity contribution < 1.29 is 9.69 Å². The lowest BCUT2D eigenvalue weighted by Crippen LogP contribution is -3.12. The lowest BCUT2D eigenvalue weighted by atomic mass is 10.00. The second-order valence-electron chi connectivity index (χ2n) is 6.05. The van der Waals surface area contributed by atoms with Crippen molar-refractivity contribution in [3.05, 3.63) is 59.7 Å². The maximum absolute atomic E-state index is 12.0. The Hall–Kier alpha value is -1.98. The first-order chi connectivity index (χ1) is 11.7. The monoisotopic (exact) mass is 342 g/mol. The van der Waals surface area contributed by atoms with Crippen molar-refractivity contribution in [1.82, 2.24) is 5.32 Å². The van der Waals surface area contributed by atoms with Crippen LogP contribution in [0.3, 0.4) is 0 Å². The number of carbonyl (C=O) groups is 1. The van der Waals surface area contributed by atoms with Crippen LogP contribution in [0.4, 0.5) is 10.5 Å². The standard InChI is InChI=1S/C19H23N3OS/c1-24-18-8-6-17(7-9-18)21-19(23)20-11-13-22-12-10-15-4-2-3-5-16(15)14-22/h2-9H,10-14H2,1H3,(H2,20,21,23)/p+1. The molecule has 4 nitrogen and oxygen atoms in total. The zero-order valence-electron chi connectivity index (χ0n) is 14.0. The zero-order chi connectivity index (χ0) is 16.8. The van der Waals surface area contributed by atoms with Crippen LogP contribution >= 0.6 is 11.8 Å². The Balaban J connectivity index is 1.41. The van der Waals surface area contributed by atoms with Crippen LogP contribution in [-0.4, -0.2) is 31.9 Å². The van der Waals surface area contributed by atoms with Gasteiger partial charge >= 0.3 is 6.03 Å². The predicted molar refractivity (Wildman–Crippen MR) is 99.8 cm³/mol. The van der Waals surface area contributed by atoms with E-state index < -0.39 is 0 Å². The Labute approximate surface area is 147 Å². The molecular weight excluding hydrogens is 318 g/mol. The van der Waals surface area contributed by atoms with Gasteiger partial charge < -0.3 is 15.5 Å². The highest BCUT2D eigenvalue weighted by atomic mass is 32.2. The van der Waals surface area contributed by atoms with Crippen molar-refractivity contribution >= 4 is 23.5 Å². The van der Waals surface area contributed by atoms with E-state index in [1.165, 1.54) is 20.9 Å². The molecule has 5 heteroatoms. The molecule has 0 saturated carbocycles. The molecule has 1 heterocycles. The summed E-state index contributed by atoms with van der Waals surface area (Å²) in [7, 11) is 0. The smallest absolute Gasteiger partial charge is 0.319 e. The third-order valence-corrected chi connectivity index (χ3v) is 5.16. The van der Waals surface area contributed by atoms with E-state index in [4.69, 9.17) is 0 Å². The number of urea groups is 1. The molecule has 2 aromatic carbocycles. The molecule has 2 aromatic rings. The van der Waals surface area contributed by atoms with Crippen LogP contribution in [-0.2, 0) is 13.0 Å². The number of quaternary nitrogens is 1. The molecule has 1 aliphatic rings. The molecule has 24 heavy (non-hydrogen) atoms. The van der Waals surface area contributed by atoms with Crippen LogP contribution in [0.25, 0.3) is 0 Å². The number of fused-ring (bicyclic) bond motifs is 1. The summed E-state index contributed by atoms with van der Waals surface area (Å²) in [5, 5.41) is 5.83. The molecule has 1 aliphatic heterocycles. The first-order valence-electron chi connectivity index (χ1n) is 8.34. The molecule has 0 aliphatic carbocycles. The van der Waals surface area contributed by atoms with E-state index in [0.29, 0.717) is 6.54 Å². The van der Waals surface area contributed by atoms with E-state index in [0.717, 1.165) is 31.7 Å². The van der Waals surface area contributed by atoms with Gasteiger partial charge in [-0.15, -0.1) is 11.8 Å². The Bertz CT molecular complexity index is 687. The normalized spacial score (nSPS) is 16.3. The minimum Gasteiger partial charge on any atom is -0.332 e. The molecule has 0 fully saturated rings. The third-order valence-electron chi connectivity index (χ3n) is 4.42. The Morgan fingerprint density at radius 3 is 2.62 bits per heavy atom. The van der Waals surface area contributed by atoms with Gasteiger partial charge in [-0.3, -0.25) is 0 Å². The van der Waals surface area contributed by atoms with E-state index >= 15 is 0 Å². The number of thioether (sulfide) groups is 1. The molecule has 3 N–H and O–H groups in total. The van der Waals surface area contributed by atoms with Crippen molar-refractivity contribution in [3.63, 3.8) is 0 Å². The van der Waals surface area contributed by atoms with Crippen LogP contribution < -0.4 is 15.5 Å². The number of benzene rings is 2. The molecule has 0 aromatic heterocycles. The highest BCUT2D eigenvalue weighted by molar-refractivity contribution is 7.98. The van der Waals surface area contributed by atoms with E-state index in [1.807, 2.05) is 30.5 Å². The van der Waals surface area contributed by atoms with E-state index in [1.54, 1.807) is 11.8 Å². The summed E-state index contributed by atoms with van der Waals surface area (Å²) in [4.78, 5) is 14.7. The van der Waals surface area contributed by atoms with Crippen molar-refractivity contribution in [2.75, 3.05) is 31.2 Å². The number of amides is 2. The van der Waals surface area contributed by atoms with Gasteiger partial charge in [0.05, 0.1) is 19.6 Å². The van der Waals surface area contributed by atoms with Gasteiger partial charge in [-0.25, -0.2) is 4.79 Å². The SMILES string of the molecule is CSc1ccc(NC(=O)NCC[NH+]2CCc3ccccc3C2)cc1. The fourth-order valence-electron chi connectivity index (χ4n) is 3.06. The first kappa shape index (κ1) is 16.9. The van der Waals surface area contributed by atoms with Crippen molar-refractivity contribution in [1.29, 1.82) is 0 Å². The first-order valence-corrected chi connectivity index (χ1v) is 9.56. The lowest BCUT2D eigenvalue weighted by molar-refractivity contribution is -0.914. The second-order valence-corrected chi connectivity index (χ2v) is 6.93. The highest BCUT2D eigenvalue weighted by Gasteiger charge is 2.18. The van der Waals surface area contributed by atoms with Crippen LogP contribution in [0, 0.1) is 0 Å². The molecule has 1 atom stereocenters. The summed E-state index contributed by atoms with van der Waals surface area (Å²) in [6.45, 7) is 3.82. The van der Waals surface area contributed by atoms with Gasteiger partial charge in [0.1, 0.15) is 6.54 Å². The summed E-state index contributed by atoms with van der Waals surface area (Å²) in [5.74, 6) is 0. The maximum atomic E-state index is 12.0. The third kappa shape index (κ3) is 4.52. The average molecular weight is 342 g/mol. The van der Waals surface area contributed by atoms with Gasteiger partial charge in [0.25, 0.3) is 0 Å². The van der Waals surface area contributed by atoms with Gasteiger partial charge in [0.15, 0.2) is 0 Å². The minimum atomic E-state index is -0.135. The Morgan fingerprint density at radius 1 is 1.12 bits per heavy atom. The summed E-state index contributed by atoms with van der Waals surface area (Å²) in [6, 6.07) is 16.4. The fourth-order valence-corrected chi connectivity index (χ4v) is 3.47. The minimum absolute atomic E-state index is 0.135. The van der Waals surface area contributed by atoms with E-state index in [2.05, 4.69) is 34.9 Å². The Kier molecular flexibility index (Phi) is 5.77. The van der Waals surface area contributed by atoms with Gasteiger partial charge in [-0.2, -0.15) is 0 Å². The molecule has 126 valence electrons. The topological polar surface area (TPSA) is 45.6 Å². The average Bonchev–Trinajstić information content (AvgIpc) is 2.62. The van der Waals surface area contributed by atoms with E-state index in [9.17, 15) is 4.79 Å². The van der Waals surface area contributed by atoms with Gasteiger partial charge in [-0.05, 0) is 36.1 Å². The maximum Gasteiger partial charge on any atom is 0.319 e. The number of hydrogen-bond donors (Lipinski definition) is 3. The lowest BCUT2D eigenvalue weighted by Gasteiger charge is -2.25. The fraction of sp³-hybridized carbons (Fsp3) is 0.316. The number of rotatable bonds is 5. The zero-order valence-corrected chi connectivity index (χ0v) is 14.8. The number of nitrogens with one attached hydrogen (secondary N) is 3. The summed E-state index contributed by atoms with van der Waals surface area (Å²) >= 11 is 1.69. The summed E-state index contributed by atoms with van der Waals surface area (Å²) < 4.78 is 0. The van der Waals surface area contributed by atoms with E-state index in [-0.39, 0.29) is 6.03 Å². The number of hydrogen-bond acceptors (Lipinski definition) is 2. The van der Waals surface area contributed by atoms with Crippen molar-refractivity contribution in [2.24, 2.45) is 0 Å². The molecular formula is C19H24N3OS+. The number of anilines is 1. The van der Waals surface area contributed by atoms with Gasteiger partial charge in [-0.1, -0.05) is 24.3 Å². The van der Waals surface area contributed by atoms with Gasteiger partial charge in [0, 0.05) is 22.6 Å². The van der Waals surface area contributed by atoms with Crippen molar-refractivity contribution in [2.45, 2.75) is 17.9 Å². The molecule has 0 bridgehead atoms. The predicted octanol–water partition coefficient (Wildman–Crippen LogP) is 2.17. The molecule has 1 unspecified atom stereocenters. The molecule has 0 saturated heterocycles. The van der Waals surface area contributed by atoms with Crippen LogP contribution in [0.5, 0.6) is 0 Å². The largest absolute Gasteiger partial charge is 0.332 e. The highest BCUT2D eigenvalue weighted by Crippen LogP contribution is 2.17. The summed E-state index contributed by atoms with van der Waals surface area (Å²) in [5.41, 5.74) is 3.74. The molecule has 3 rings (SSSR count). The molecule has 0 spiro atoms. The number of carbonyl (C=O) groups excluding carboxylic acids is 1. The Morgan fingerprint density at radius 2 is 1.88 bits per heavy atom. The van der Waals surface area contributed by atoms with Crippen LogP contribution in [0.2, 0.25) is 0 Å². The van der Waals surface area contributed by atoms with Crippen LogP contribution in [0.15, 0.2) is 53.4 Å². The molecule has 0 radical (unpaired) electrons. The quantitative estimate of drug-likeness (QED) is 0.729. The van der Waals surface area contributed by atoms with Gasteiger partial charge in [0.2, 0.25) is 0 Å². The second kappa shape index (κ2) is 8.22. The van der Waals surface area contributed by atoms with Crippen LogP contribution in [0.1, 0.15) is 11.1 Å². The van der Waals surface area contributed by atoms with Crippen molar-refractivity contribution in [3.8, 4) is 0 Å². The summed E-state index contributed by atoms with van der Waals surface area (Å²) in [6.07, 6.45) is 3.16.